The molecule has 2 N–H and O–H groups in total. The molecule has 5 nitrogen and oxygen atoms in total. The van der Waals surface area contributed by atoms with Gasteiger partial charge in [-0.3, -0.25) is 9.79 Å². The summed E-state index contributed by atoms with van der Waals surface area (Å²) in [7, 11) is 3.58. The molecule has 0 unspecified atom stereocenters. The second-order valence-electron chi connectivity index (χ2n) is 4.81. The largest absolute Gasteiger partial charge is 0.347 e. The fourth-order valence-electron chi connectivity index (χ4n) is 1.86. The predicted molar refractivity (Wildman–Crippen MR) is 88.5 cm³/mol. The van der Waals surface area contributed by atoms with Gasteiger partial charge in [0, 0.05) is 26.3 Å². The van der Waals surface area contributed by atoms with Crippen molar-refractivity contribution in [2.45, 2.75) is 12.8 Å². The van der Waals surface area contributed by atoms with Gasteiger partial charge in [0.15, 0.2) is 5.96 Å². The van der Waals surface area contributed by atoms with Gasteiger partial charge in [-0.2, -0.15) is 0 Å². The number of nitrogens with zero attached hydrogens (tertiary/aromatic N) is 2. The van der Waals surface area contributed by atoms with Gasteiger partial charge in [0.2, 0.25) is 5.91 Å². The summed E-state index contributed by atoms with van der Waals surface area (Å²) < 4.78 is 12.8. The van der Waals surface area contributed by atoms with Crippen LogP contribution in [0.3, 0.4) is 0 Å². The lowest BCUT2D eigenvalue weighted by atomic mass is 10.3. The van der Waals surface area contributed by atoms with E-state index in [0.717, 1.165) is 19.4 Å². The monoisotopic (exact) mass is 306 g/mol. The van der Waals surface area contributed by atoms with E-state index in [1.54, 1.807) is 7.05 Å². The van der Waals surface area contributed by atoms with Gasteiger partial charge in [0.05, 0.1) is 6.54 Å². The van der Waals surface area contributed by atoms with E-state index in [4.69, 9.17) is 0 Å². The highest BCUT2D eigenvalue weighted by Gasteiger charge is 2.08. The normalized spacial score (nSPS) is 11.0. The molecule has 0 bridgehead atoms. The Kier molecular flexibility index (Phi) is 7.67. The second-order valence-corrected chi connectivity index (χ2v) is 4.81. The Bertz CT molecular complexity index is 513. The van der Waals surface area contributed by atoms with E-state index in [1.807, 2.05) is 18.0 Å². The Hall–Kier alpha value is -2.37. The average molecular weight is 306 g/mol. The van der Waals surface area contributed by atoms with E-state index in [2.05, 4.69) is 22.2 Å². The molecule has 0 spiro atoms. The van der Waals surface area contributed by atoms with Crippen LogP contribution >= 0.6 is 0 Å². The summed E-state index contributed by atoms with van der Waals surface area (Å²) in [6, 6.07) is 5.64. The van der Waals surface area contributed by atoms with Crippen LogP contribution in [-0.2, 0) is 4.79 Å². The zero-order chi connectivity index (χ0) is 16.4. The van der Waals surface area contributed by atoms with Crippen LogP contribution < -0.4 is 10.6 Å². The van der Waals surface area contributed by atoms with Crippen LogP contribution in [0.5, 0.6) is 0 Å². The van der Waals surface area contributed by atoms with Crippen LogP contribution in [0.2, 0.25) is 0 Å². The number of hydrogen-bond acceptors (Lipinski definition) is 2. The van der Waals surface area contributed by atoms with Crippen molar-refractivity contribution in [3.8, 4) is 0 Å². The first kappa shape index (κ1) is 17.7. The molecular weight excluding hydrogens is 283 g/mol. The van der Waals surface area contributed by atoms with Crippen LogP contribution in [0.25, 0.3) is 0 Å². The first-order valence-corrected chi connectivity index (χ1v) is 7.15. The third kappa shape index (κ3) is 6.39. The summed E-state index contributed by atoms with van der Waals surface area (Å²) in [5.41, 5.74) is 0.558. The Labute approximate surface area is 130 Å². The first-order chi connectivity index (χ1) is 10.6. The quantitative estimate of drug-likeness (QED) is 0.351. The smallest absolute Gasteiger partial charge is 0.243 e. The zero-order valence-corrected chi connectivity index (χ0v) is 13.1. The molecular formula is C16H23FN4O. The summed E-state index contributed by atoms with van der Waals surface area (Å²) in [6.45, 7) is 4.60. The highest BCUT2D eigenvalue weighted by Crippen LogP contribution is 2.07. The van der Waals surface area contributed by atoms with Crippen molar-refractivity contribution in [3.05, 3.63) is 42.7 Å². The number of rotatable bonds is 7. The van der Waals surface area contributed by atoms with E-state index < -0.39 is 0 Å². The van der Waals surface area contributed by atoms with Gasteiger partial charge in [0.25, 0.3) is 0 Å². The topological polar surface area (TPSA) is 56.7 Å². The predicted octanol–water partition coefficient (Wildman–Crippen LogP) is 2.24. The molecule has 22 heavy (non-hydrogen) atoms. The van der Waals surface area contributed by atoms with Crippen molar-refractivity contribution in [2.75, 3.05) is 32.5 Å². The average Bonchev–Trinajstić information content (AvgIpc) is 2.50. The number of carbonyl (C=O) groups is 1. The van der Waals surface area contributed by atoms with Crippen LogP contribution in [0.4, 0.5) is 10.1 Å². The van der Waals surface area contributed by atoms with Gasteiger partial charge in [-0.15, -0.1) is 6.58 Å². The van der Waals surface area contributed by atoms with Crippen molar-refractivity contribution in [1.29, 1.82) is 0 Å². The Balaban J connectivity index is 2.40. The van der Waals surface area contributed by atoms with Crippen molar-refractivity contribution < 1.29 is 9.18 Å². The van der Waals surface area contributed by atoms with E-state index >= 15 is 0 Å². The summed E-state index contributed by atoms with van der Waals surface area (Å²) >= 11 is 0. The van der Waals surface area contributed by atoms with Gasteiger partial charge in [-0.1, -0.05) is 6.08 Å². The van der Waals surface area contributed by atoms with E-state index in [0.29, 0.717) is 11.6 Å². The first-order valence-electron chi connectivity index (χ1n) is 7.15. The molecule has 0 aliphatic heterocycles. The van der Waals surface area contributed by atoms with Crippen molar-refractivity contribution in [2.24, 2.45) is 4.99 Å². The number of unbranched alkanes of at least 4 members (excludes halogenated alkanes) is 1. The molecule has 0 saturated heterocycles. The number of benzene rings is 1. The fraction of sp³-hybridized carbons (Fsp3) is 0.375. The Morgan fingerprint density at radius 1 is 1.41 bits per heavy atom. The van der Waals surface area contributed by atoms with Crippen LogP contribution in [0.1, 0.15) is 12.8 Å². The summed E-state index contributed by atoms with van der Waals surface area (Å²) in [5.74, 6) is 0.100. The molecule has 0 aliphatic rings. The number of allylic oxidation sites excluding steroid dienone is 1. The van der Waals surface area contributed by atoms with E-state index in [-0.39, 0.29) is 18.3 Å². The van der Waals surface area contributed by atoms with Gasteiger partial charge in [-0.05, 0) is 37.1 Å². The number of amides is 1. The number of carbonyl (C=O) groups excluding carboxylic acids is 1. The van der Waals surface area contributed by atoms with E-state index in [1.165, 1.54) is 24.3 Å². The maximum Gasteiger partial charge on any atom is 0.243 e. The van der Waals surface area contributed by atoms with Crippen molar-refractivity contribution >= 4 is 17.6 Å². The minimum absolute atomic E-state index is 0.0931. The number of guanidine groups is 1. The fourth-order valence-corrected chi connectivity index (χ4v) is 1.86. The molecule has 0 saturated carbocycles. The highest BCUT2D eigenvalue weighted by molar-refractivity contribution is 5.94. The number of halogens is 1. The van der Waals surface area contributed by atoms with Crippen LogP contribution in [-0.4, -0.2) is 44.0 Å². The number of aliphatic imine (C=N–C) groups is 1. The van der Waals surface area contributed by atoms with E-state index in [9.17, 15) is 9.18 Å². The van der Waals surface area contributed by atoms with Crippen LogP contribution in [0, 0.1) is 5.82 Å². The maximum atomic E-state index is 12.8. The Morgan fingerprint density at radius 2 is 2.09 bits per heavy atom. The summed E-state index contributed by atoms with van der Waals surface area (Å²) in [5, 5.41) is 5.68. The second kappa shape index (κ2) is 9.55. The molecule has 6 heteroatoms. The minimum Gasteiger partial charge on any atom is -0.347 e. The molecule has 0 aromatic heterocycles. The Morgan fingerprint density at radius 3 is 2.68 bits per heavy atom. The van der Waals surface area contributed by atoms with Crippen molar-refractivity contribution in [1.82, 2.24) is 10.2 Å². The molecule has 0 radical (unpaired) electrons. The maximum absolute atomic E-state index is 12.8. The minimum atomic E-state index is -0.335. The van der Waals surface area contributed by atoms with Gasteiger partial charge in [0.1, 0.15) is 5.82 Å². The molecule has 1 aromatic carbocycles. The molecule has 120 valence electrons. The van der Waals surface area contributed by atoms with Gasteiger partial charge >= 0.3 is 0 Å². The third-order valence-corrected chi connectivity index (χ3v) is 3.01. The standard InChI is InChI=1S/C16H23FN4O/c1-4-5-6-11-21(3)16(18-2)19-12-15(22)20-14-9-7-13(17)8-10-14/h4,7-10H,1,5-6,11-12H2,2-3H3,(H,18,19)(H,20,22). The summed E-state index contributed by atoms with van der Waals surface area (Å²) in [4.78, 5) is 17.9. The molecule has 0 aliphatic carbocycles. The molecule has 0 heterocycles. The molecule has 0 atom stereocenters. The molecule has 1 aromatic rings. The highest BCUT2D eigenvalue weighted by atomic mass is 19.1. The SMILES string of the molecule is C=CCCCN(C)C(=NC)NCC(=O)Nc1ccc(F)cc1. The number of anilines is 1. The number of hydrogen-bond donors (Lipinski definition) is 2. The lowest BCUT2D eigenvalue weighted by molar-refractivity contribution is -0.115. The zero-order valence-electron chi connectivity index (χ0n) is 13.1. The third-order valence-electron chi connectivity index (χ3n) is 3.01. The molecule has 0 fully saturated rings. The van der Waals surface area contributed by atoms with Crippen LogP contribution in [0.15, 0.2) is 41.9 Å². The van der Waals surface area contributed by atoms with Gasteiger partial charge < -0.3 is 15.5 Å². The lowest BCUT2D eigenvalue weighted by Crippen LogP contribution is -2.42. The number of nitrogens with one attached hydrogen (secondary N) is 2. The van der Waals surface area contributed by atoms with Crippen molar-refractivity contribution in [3.63, 3.8) is 0 Å². The van der Waals surface area contributed by atoms with Gasteiger partial charge in [-0.25, -0.2) is 4.39 Å². The molecule has 1 rings (SSSR count). The summed E-state index contributed by atoms with van der Waals surface area (Å²) in [6.07, 6.45) is 3.79. The lowest BCUT2D eigenvalue weighted by Gasteiger charge is -2.21. The molecule has 1 amide bonds.